The summed E-state index contributed by atoms with van der Waals surface area (Å²) in [6.07, 6.45) is 6.04. The van der Waals surface area contributed by atoms with E-state index in [4.69, 9.17) is 15.2 Å². The smallest absolute Gasteiger partial charge is 0.409 e. The van der Waals surface area contributed by atoms with Gasteiger partial charge in [-0.15, -0.1) is 0 Å². The fourth-order valence-corrected chi connectivity index (χ4v) is 5.79. The lowest BCUT2D eigenvalue weighted by atomic mass is 9.86. The molecule has 6 rings (SSSR count). The molecule has 1 unspecified atom stereocenters. The molecule has 0 radical (unpaired) electrons. The second-order valence-corrected chi connectivity index (χ2v) is 11.8. The van der Waals surface area contributed by atoms with Crippen LogP contribution in [-0.4, -0.2) is 90.7 Å². The van der Waals surface area contributed by atoms with Gasteiger partial charge in [-0.3, -0.25) is 9.36 Å². The van der Waals surface area contributed by atoms with Crippen LogP contribution in [0.2, 0.25) is 0 Å². The Kier molecular flexibility index (Phi) is 7.78. The number of nitrogens with one attached hydrogen (secondary N) is 1. The molecule has 13 heteroatoms. The van der Waals surface area contributed by atoms with E-state index >= 15 is 0 Å². The van der Waals surface area contributed by atoms with Gasteiger partial charge in [0.05, 0.1) is 12.9 Å². The third-order valence-electron chi connectivity index (χ3n) is 8.74. The minimum Gasteiger partial charge on any atom is -0.449 e. The fourth-order valence-electron chi connectivity index (χ4n) is 5.79. The van der Waals surface area contributed by atoms with Crippen molar-refractivity contribution in [2.75, 3.05) is 25.4 Å². The van der Waals surface area contributed by atoms with Crippen LogP contribution in [0.1, 0.15) is 69.8 Å². The van der Waals surface area contributed by atoms with E-state index in [0.29, 0.717) is 41.9 Å². The number of nitrogen functional groups attached to an aromatic ring is 1. The van der Waals surface area contributed by atoms with Gasteiger partial charge < -0.3 is 35.6 Å². The zero-order valence-electron chi connectivity index (χ0n) is 22.7. The van der Waals surface area contributed by atoms with Gasteiger partial charge >= 0.3 is 6.09 Å². The molecular weight excluding hydrogens is 518 g/mol. The molecule has 40 heavy (non-hydrogen) atoms. The first-order valence-electron chi connectivity index (χ1n) is 14.6. The molecule has 218 valence electrons. The molecule has 0 bridgehead atoms. The highest BCUT2D eigenvalue weighted by molar-refractivity contribution is 5.83. The number of hydrogen-bond acceptors (Lipinski definition) is 10. The molecule has 5 N–H and O–H groups in total. The Morgan fingerprint density at radius 1 is 1.07 bits per heavy atom. The van der Waals surface area contributed by atoms with E-state index in [0.717, 1.165) is 51.6 Å². The number of rotatable bonds is 9. The van der Waals surface area contributed by atoms with Crippen molar-refractivity contribution >= 4 is 29.0 Å². The molecule has 2 aliphatic heterocycles. The van der Waals surface area contributed by atoms with Crippen LogP contribution in [0.15, 0.2) is 6.33 Å². The Labute approximate surface area is 232 Å². The van der Waals surface area contributed by atoms with Crippen molar-refractivity contribution in [3.63, 3.8) is 0 Å². The quantitative estimate of drug-likeness (QED) is 0.351. The molecule has 4 atom stereocenters. The molecule has 2 saturated carbocycles. The van der Waals surface area contributed by atoms with Crippen LogP contribution < -0.4 is 11.1 Å². The summed E-state index contributed by atoms with van der Waals surface area (Å²) in [5.74, 6) is 1.41. The van der Waals surface area contributed by atoms with Crippen LogP contribution in [-0.2, 0) is 20.7 Å². The molecule has 2 aromatic heterocycles. The number of nitrogens with two attached hydrogens (primary N) is 1. The number of piperidine rings is 1. The lowest BCUT2D eigenvalue weighted by Crippen LogP contribution is -2.43. The van der Waals surface area contributed by atoms with Crippen LogP contribution in [0, 0.1) is 11.8 Å². The number of aryl methyl sites for hydroxylation is 1. The predicted octanol–water partition coefficient (Wildman–Crippen LogP) is 1.28. The number of carbonyl (C=O) groups excluding carboxylic acids is 2. The van der Waals surface area contributed by atoms with E-state index in [1.165, 1.54) is 30.2 Å². The summed E-state index contributed by atoms with van der Waals surface area (Å²) in [6.45, 7) is 1.99. The first-order valence-corrected chi connectivity index (χ1v) is 14.6. The van der Waals surface area contributed by atoms with Crippen molar-refractivity contribution in [1.82, 2.24) is 29.7 Å². The van der Waals surface area contributed by atoms with Gasteiger partial charge in [-0.05, 0) is 63.2 Å². The van der Waals surface area contributed by atoms with Gasteiger partial charge in [0.2, 0.25) is 0 Å². The van der Waals surface area contributed by atoms with Crippen LogP contribution in [0.25, 0.3) is 11.2 Å². The Bertz CT molecular complexity index is 1220. The highest BCUT2D eigenvalue weighted by atomic mass is 16.6. The molecule has 4 heterocycles. The summed E-state index contributed by atoms with van der Waals surface area (Å²) >= 11 is 0. The van der Waals surface area contributed by atoms with E-state index < -0.39 is 30.4 Å². The van der Waals surface area contributed by atoms with Crippen LogP contribution in [0.5, 0.6) is 0 Å². The Morgan fingerprint density at radius 3 is 2.55 bits per heavy atom. The summed E-state index contributed by atoms with van der Waals surface area (Å²) < 4.78 is 12.8. The molecule has 0 aromatic carbocycles. The van der Waals surface area contributed by atoms with Crippen molar-refractivity contribution < 1.29 is 29.3 Å². The molecule has 2 amide bonds. The molecule has 4 aliphatic rings. The highest BCUT2D eigenvalue weighted by Crippen LogP contribution is 2.33. The van der Waals surface area contributed by atoms with Gasteiger partial charge in [0.25, 0.3) is 5.91 Å². The van der Waals surface area contributed by atoms with Crippen molar-refractivity contribution in [1.29, 1.82) is 0 Å². The largest absolute Gasteiger partial charge is 0.449 e. The molecular formula is C27H39N7O6. The third kappa shape index (κ3) is 5.72. The lowest BCUT2D eigenvalue weighted by Gasteiger charge is -2.32. The maximum absolute atomic E-state index is 12.5. The van der Waals surface area contributed by atoms with E-state index in [2.05, 4.69) is 20.3 Å². The topological polar surface area (TPSA) is 178 Å². The SMILES string of the molecule is Nc1nc(CCCC2CCN(C(=O)OCC3CCC3)CC2)nc2c1ncn2[C@@H]1O[C@H](C(=O)NC2CC2)C(O)[C@@H]1O. The minimum absolute atomic E-state index is 0.106. The van der Waals surface area contributed by atoms with Crippen LogP contribution in [0.4, 0.5) is 10.6 Å². The van der Waals surface area contributed by atoms with Gasteiger partial charge in [0.1, 0.15) is 23.5 Å². The summed E-state index contributed by atoms with van der Waals surface area (Å²) in [5.41, 5.74) is 6.95. The molecule has 4 fully saturated rings. The predicted molar refractivity (Wildman–Crippen MR) is 143 cm³/mol. The highest BCUT2D eigenvalue weighted by Gasteiger charge is 2.48. The maximum atomic E-state index is 12.5. The van der Waals surface area contributed by atoms with Crippen molar-refractivity contribution in [2.24, 2.45) is 11.8 Å². The number of aromatic nitrogens is 4. The van der Waals surface area contributed by atoms with Gasteiger partial charge in [0, 0.05) is 25.6 Å². The van der Waals surface area contributed by atoms with E-state index in [-0.39, 0.29) is 18.0 Å². The number of hydrogen-bond donors (Lipinski definition) is 4. The zero-order valence-corrected chi connectivity index (χ0v) is 22.7. The van der Waals surface area contributed by atoms with E-state index in [9.17, 15) is 19.8 Å². The summed E-state index contributed by atoms with van der Waals surface area (Å²) in [5, 5.41) is 24.0. The van der Waals surface area contributed by atoms with Gasteiger partial charge in [-0.25, -0.2) is 19.7 Å². The summed E-state index contributed by atoms with van der Waals surface area (Å²) in [6, 6.07) is 0.106. The van der Waals surface area contributed by atoms with Crippen LogP contribution in [0.3, 0.4) is 0 Å². The average Bonchev–Trinajstić information content (AvgIpc) is 3.55. The number of aliphatic hydroxyl groups excluding tert-OH is 2. The van der Waals surface area contributed by atoms with Crippen molar-refractivity contribution in [2.45, 2.75) is 94.8 Å². The Balaban J connectivity index is 1.03. The molecule has 2 aromatic rings. The number of ether oxygens (including phenoxy) is 2. The summed E-state index contributed by atoms with van der Waals surface area (Å²) in [7, 11) is 0. The number of amides is 2. The standard InChI is InChI=1S/C27H39N7O6/c28-23-19-24(34(14-29-19)26-21(36)20(35)22(40-26)25(37)30-17-7-8-17)32-18(31-23)6-2-3-15-9-11-33(12-10-15)27(38)39-13-16-4-1-5-16/h14-17,20-22,26,35-36H,1-13H2,(H,30,37)(H2,28,31,32)/t20?,21-,22-,26+/m0/s1. The molecule has 0 spiro atoms. The molecule has 2 aliphatic carbocycles. The number of aliphatic hydroxyl groups is 2. The number of likely N-dealkylation sites (tertiary alicyclic amines) is 1. The number of fused-ring (bicyclic) bond motifs is 1. The van der Waals surface area contributed by atoms with E-state index in [1.807, 2.05) is 4.90 Å². The Hall–Kier alpha value is -3.03. The van der Waals surface area contributed by atoms with Gasteiger partial charge in [0.15, 0.2) is 23.8 Å². The lowest BCUT2D eigenvalue weighted by molar-refractivity contribution is -0.137. The monoisotopic (exact) mass is 557 g/mol. The van der Waals surface area contributed by atoms with Crippen molar-refractivity contribution in [3.05, 3.63) is 12.2 Å². The summed E-state index contributed by atoms with van der Waals surface area (Å²) in [4.78, 5) is 40.0. The fraction of sp³-hybridized carbons (Fsp3) is 0.741. The second kappa shape index (κ2) is 11.5. The maximum Gasteiger partial charge on any atom is 0.409 e. The minimum atomic E-state index is -1.38. The first kappa shape index (κ1) is 27.2. The zero-order chi connectivity index (χ0) is 27.8. The normalized spacial score (nSPS) is 27.6. The van der Waals surface area contributed by atoms with Crippen LogP contribution >= 0.6 is 0 Å². The number of imidazole rings is 1. The van der Waals surface area contributed by atoms with Crippen molar-refractivity contribution in [3.8, 4) is 0 Å². The average molecular weight is 558 g/mol. The number of carbonyl (C=O) groups is 2. The first-order chi connectivity index (χ1) is 19.4. The van der Waals surface area contributed by atoms with Gasteiger partial charge in [-0.2, -0.15) is 0 Å². The van der Waals surface area contributed by atoms with E-state index in [1.54, 1.807) is 0 Å². The van der Waals surface area contributed by atoms with Gasteiger partial charge in [-0.1, -0.05) is 6.42 Å². The number of nitrogens with zero attached hydrogens (tertiary/aromatic N) is 5. The Morgan fingerprint density at radius 2 is 1.85 bits per heavy atom. The second-order valence-electron chi connectivity index (χ2n) is 11.8. The molecule has 13 nitrogen and oxygen atoms in total. The number of anilines is 1. The third-order valence-corrected chi connectivity index (χ3v) is 8.74. The molecule has 2 saturated heterocycles.